The molecule has 7 nitrogen and oxygen atoms in total. The molecule has 0 saturated carbocycles. The molecular weight excluding hydrogens is 599 g/mol. The highest BCUT2D eigenvalue weighted by Crippen LogP contribution is 2.19. The van der Waals surface area contributed by atoms with E-state index >= 15 is 0 Å². The summed E-state index contributed by atoms with van der Waals surface area (Å²) in [6, 6.07) is 24.4. The molecule has 0 saturated heterocycles. The largest absolute Gasteiger partial charge is 0.351 e. The summed E-state index contributed by atoms with van der Waals surface area (Å²) < 4.78 is 1.95. The van der Waals surface area contributed by atoms with E-state index in [-0.39, 0.29) is 24.3 Å². The van der Waals surface area contributed by atoms with Crippen molar-refractivity contribution < 1.29 is 4.79 Å². The van der Waals surface area contributed by atoms with Crippen LogP contribution in [-0.2, 0) is 24.3 Å². The van der Waals surface area contributed by atoms with Crippen LogP contribution in [0.3, 0.4) is 0 Å². The van der Waals surface area contributed by atoms with Gasteiger partial charge in [0, 0.05) is 53.3 Å². The first-order chi connectivity index (χ1) is 20.7. The van der Waals surface area contributed by atoms with Crippen molar-refractivity contribution in [1.82, 2.24) is 19.8 Å². The number of carbonyl (C=O) groups is 1. The molecule has 0 aliphatic rings. The van der Waals surface area contributed by atoms with E-state index in [2.05, 4.69) is 40.4 Å². The molecule has 1 aromatic heterocycles. The van der Waals surface area contributed by atoms with Crippen molar-refractivity contribution in [3.63, 3.8) is 0 Å². The molecule has 2 atom stereocenters. The van der Waals surface area contributed by atoms with Gasteiger partial charge in [-0.25, -0.2) is 4.98 Å². The molecule has 0 radical (unpaired) electrons. The molecular formula is C33H34Cl2N6OS. The Bertz CT molecular complexity index is 1570. The van der Waals surface area contributed by atoms with Gasteiger partial charge in [-0.05, 0) is 77.8 Å². The van der Waals surface area contributed by atoms with Crippen LogP contribution in [0.4, 0.5) is 5.69 Å². The number of benzene rings is 3. The summed E-state index contributed by atoms with van der Waals surface area (Å²) in [5.74, 6) is 0.0962. The first-order valence-electron chi connectivity index (χ1n) is 14.1. The average Bonchev–Trinajstić information content (AvgIpc) is 3.43. The number of nitrogens with zero attached hydrogens (tertiary/aromatic N) is 4. The lowest BCUT2D eigenvalue weighted by Gasteiger charge is -2.33. The molecule has 43 heavy (non-hydrogen) atoms. The Morgan fingerprint density at radius 2 is 1.81 bits per heavy atom. The Kier molecular flexibility index (Phi) is 11.6. The lowest BCUT2D eigenvalue weighted by molar-refractivity contribution is -0.121. The number of nitrogens with one attached hydrogen (secondary N) is 2. The van der Waals surface area contributed by atoms with E-state index < -0.39 is 0 Å². The van der Waals surface area contributed by atoms with E-state index in [9.17, 15) is 4.79 Å². The van der Waals surface area contributed by atoms with Gasteiger partial charge in [0.05, 0.1) is 24.4 Å². The number of amides is 1. The Balaban J connectivity index is 1.48. The van der Waals surface area contributed by atoms with Crippen LogP contribution < -0.4 is 10.6 Å². The maximum Gasteiger partial charge on any atom is 0.226 e. The molecule has 0 unspecified atom stereocenters. The summed E-state index contributed by atoms with van der Waals surface area (Å²) in [7, 11) is 0. The minimum absolute atomic E-state index is 0.0915. The van der Waals surface area contributed by atoms with Crippen LogP contribution >= 0.6 is 35.4 Å². The zero-order valence-corrected chi connectivity index (χ0v) is 26.5. The third kappa shape index (κ3) is 9.55. The number of hydrogen-bond donors (Lipinski definition) is 2. The van der Waals surface area contributed by atoms with Gasteiger partial charge in [0.2, 0.25) is 5.91 Å². The molecule has 10 heteroatoms. The Morgan fingerprint density at radius 1 is 1.07 bits per heavy atom. The van der Waals surface area contributed by atoms with E-state index in [4.69, 9.17) is 40.7 Å². The number of aromatic nitrogens is 2. The van der Waals surface area contributed by atoms with E-state index in [1.165, 1.54) is 0 Å². The minimum Gasteiger partial charge on any atom is -0.351 e. The van der Waals surface area contributed by atoms with Gasteiger partial charge < -0.3 is 20.1 Å². The standard InChI is InChI=1S/C33H34Cl2N6OS/c1-3-23(2)31(39-32(42)16-30-18-37-22-41(30)19-25-9-7-24(17-36)8-10-25)21-40(20-26-5-4-6-28(35)15-26)33(43)38-29-13-11-27(34)12-14-29/h4-15,18,22-23,31H,3,16,19-21H2,1-2H3,(H,38,43)(H,39,42)/t23-,31+/m0/s1. The van der Waals surface area contributed by atoms with Crippen LogP contribution in [0.5, 0.6) is 0 Å². The number of nitriles is 1. The predicted molar refractivity (Wildman–Crippen MR) is 177 cm³/mol. The molecule has 0 spiro atoms. The molecule has 1 amide bonds. The van der Waals surface area contributed by atoms with Crippen LogP contribution in [0, 0.1) is 17.2 Å². The van der Waals surface area contributed by atoms with E-state index in [0.29, 0.717) is 40.4 Å². The van der Waals surface area contributed by atoms with Crippen molar-refractivity contribution in [2.75, 3.05) is 11.9 Å². The van der Waals surface area contributed by atoms with Gasteiger partial charge in [-0.1, -0.05) is 67.7 Å². The molecule has 0 bridgehead atoms. The molecule has 2 N–H and O–H groups in total. The molecule has 4 rings (SSSR count). The van der Waals surface area contributed by atoms with Crippen LogP contribution in [-0.4, -0.2) is 38.1 Å². The SMILES string of the molecule is CC[C@H](C)[C@@H](CN(Cc1cccc(Cl)c1)C(=S)Nc1ccc(Cl)cc1)NC(=O)Cc1cncn1Cc1ccc(C#N)cc1. The number of halogens is 2. The molecule has 1 heterocycles. The molecule has 4 aromatic rings. The number of rotatable bonds is 12. The third-order valence-corrected chi connectivity index (χ3v) is 8.16. The smallest absolute Gasteiger partial charge is 0.226 e. The van der Waals surface area contributed by atoms with Gasteiger partial charge >= 0.3 is 0 Å². The maximum absolute atomic E-state index is 13.4. The Labute approximate surface area is 268 Å². The highest BCUT2D eigenvalue weighted by atomic mass is 35.5. The lowest BCUT2D eigenvalue weighted by Crippen LogP contribution is -2.50. The van der Waals surface area contributed by atoms with Gasteiger partial charge in [-0.15, -0.1) is 0 Å². The Morgan fingerprint density at radius 3 is 2.49 bits per heavy atom. The van der Waals surface area contributed by atoms with Gasteiger partial charge in [0.25, 0.3) is 0 Å². The first-order valence-corrected chi connectivity index (χ1v) is 15.2. The summed E-state index contributed by atoms with van der Waals surface area (Å²) in [4.78, 5) is 19.8. The van der Waals surface area contributed by atoms with Crippen molar-refractivity contribution in [3.05, 3.63) is 118 Å². The number of hydrogen-bond acceptors (Lipinski definition) is 4. The van der Waals surface area contributed by atoms with Crippen molar-refractivity contribution in [1.29, 1.82) is 5.26 Å². The van der Waals surface area contributed by atoms with E-state index in [1.807, 2.05) is 65.2 Å². The maximum atomic E-state index is 13.4. The Hall–Kier alpha value is -3.90. The number of anilines is 1. The van der Waals surface area contributed by atoms with Crippen LogP contribution in [0.15, 0.2) is 85.3 Å². The zero-order valence-electron chi connectivity index (χ0n) is 24.1. The summed E-state index contributed by atoms with van der Waals surface area (Å²) in [5, 5.41) is 17.5. The van der Waals surface area contributed by atoms with Crippen LogP contribution in [0.1, 0.15) is 42.7 Å². The minimum atomic E-state index is -0.170. The normalized spacial score (nSPS) is 12.2. The van der Waals surface area contributed by atoms with Gasteiger partial charge in [-0.3, -0.25) is 4.79 Å². The monoisotopic (exact) mass is 632 g/mol. The first kappa shape index (κ1) is 32.0. The van der Waals surface area contributed by atoms with Crippen LogP contribution in [0.25, 0.3) is 0 Å². The number of imidazole rings is 1. The fourth-order valence-corrected chi connectivity index (χ4v) is 5.24. The summed E-state index contributed by atoms with van der Waals surface area (Å²) >= 11 is 18.2. The molecule has 222 valence electrons. The molecule has 0 aliphatic heterocycles. The number of thiocarbonyl (C=S) groups is 1. The number of carbonyl (C=O) groups excluding carboxylic acids is 1. The highest BCUT2D eigenvalue weighted by Gasteiger charge is 2.24. The van der Waals surface area contributed by atoms with E-state index in [1.54, 1.807) is 24.7 Å². The molecule has 3 aromatic carbocycles. The average molecular weight is 634 g/mol. The van der Waals surface area contributed by atoms with Crippen molar-refractivity contribution >= 4 is 52.1 Å². The summed E-state index contributed by atoms with van der Waals surface area (Å²) in [5.41, 5.74) is 4.27. The van der Waals surface area contributed by atoms with Gasteiger partial charge in [0.15, 0.2) is 5.11 Å². The second kappa shape index (κ2) is 15.5. The van der Waals surface area contributed by atoms with E-state index in [0.717, 1.165) is 28.9 Å². The topological polar surface area (TPSA) is 86.0 Å². The van der Waals surface area contributed by atoms with Gasteiger partial charge in [-0.2, -0.15) is 5.26 Å². The lowest BCUT2D eigenvalue weighted by atomic mass is 9.98. The van der Waals surface area contributed by atoms with Crippen molar-refractivity contribution in [2.24, 2.45) is 5.92 Å². The molecule has 0 aliphatic carbocycles. The van der Waals surface area contributed by atoms with Crippen LogP contribution in [0.2, 0.25) is 10.0 Å². The van der Waals surface area contributed by atoms with Crippen molar-refractivity contribution in [3.8, 4) is 6.07 Å². The third-order valence-electron chi connectivity index (χ3n) is 7.32. The predicted octanol–water partition coefficient (Wildman–Crippen LogP) is 7.08. The summed E-state index contributed by atoms with van der Waals surface area (Å²) in [6.07, 6.45) is 4.51. The fraction of sp³-hybridized carbons (Fsp3) is 0.273. The van der Waals surface area contributed by atoms with Crippen molar-refractivity contribution in [2.45, 2.75) is 45.8 Å². The van der Waals surface area contributed by atoms with Gasteiger partial charge in [0.1, 0.15) is 0 Å². The quantitative estimate of drug-likeness (QED) is 0.162. The second-order valence-corrected chi connectivity index (χ2v) is 11.8. The highest BCUT2D eigenvalue weighted by molar-refractivity contribution is 7.80. The summed E-state index contributed by atoms with van der Waals surface area (Å²) in [6.45, 7) is 5.81. The fourth-order valence-electron chi connectivity index (χ4n) is 4.64. The molecule has 0 fully saturated rings. The second-order valence-electron chi connectivity index (χ2n) is 10.5. The zero-order chi connectivity index (χ0) is 30.8.